The van der Waals surface area contributed by atoms with E-state index in [0.717, 1.165) is 21.2 Å². The normalized spacial score (nSPS) is 16.7. The van der Waals surface area contributed by atoms with Crippen molar-refractivity contribution >= 4 is 39.0 Å². The number of rotatable bonds is 6. The van der Waals surface area contributed by atoms with Crippen LogP contribution < -0.4 is 0 Å². The molecule has 5 heteroatoms. The Balaban J connectivity index is 1.91. The number of esters is 2. The summed E-state index contributed by atoms with van der Waals surface area (Å²) in [6.07, 6.45) is -0.801. The van der Waals surface area contributed by atoms with E-state index in [0.29, 0.717) is 11.1 Å². The van der Waals surface area contributed by atoms with Crippen LogP contribution in [-0.2, 0) is 19.1 Å². The van der Waals surface area contributed by atoms with Crippen molar-refractivity contribution in [3.63, 3.8) is 0 Å². The number of carbonyl (C=O) groups excluding carboxylic acids is 2. The Kier molecular flexibility index (Phi) is 6.33. The van der Waals surface area contributed by atoms with E-state index in [1.54, 1.807) is 6.92 Å². The van der Waals surface area contributed by atoms with Crippen LogP contribution >= 0.6 is 15.9 Å². The van der Waals surface area contributed by atoms with Crippen molar-refractivity contribution in [3.8, 4) is 0 Å². The Morgan fingerprint density at radius 1 is 0.935 bits per heavy atom. The van der Waals surface area contributed by atoms with Gasteiger partial charge in [-0.15, -0.1) is 0 Å². The number of benzene rings is 3. The first-order valence-corrected chi connectivity index (χ1v) is 10.9. The summed E-state index contributed by atoms with van der Waals surface area (Å²) in [6.45, 7) is 2.00. The molecule has 3 aromatic carbocycles. The number of halogens is 1. The van der Waals surface area contributed by atoms with Crippen molar-refractivity contribution in [2.24, 2.45) is 0 Å². The van der Waals surface area contributed by atoms with Gasteiger partial charge in [0.05, 0.1) is 12.2 Å². The minimum absolute atomic E-state index is 0.239. The van der Waals surface area contributed by atoms with Crippen LogP contribution in [0.3, 0.4) is 0 Å². The van der Waals surface area contributed by atoms with E-state index in [4.69, 9.17) is 9.47 Å². The van der Waals surface area contributed by atoms with Gasteiger partial charge in [-0.1, -0.05) is 88.7 Å². The summed E-state index contributed by atoms with van der Waals surface area (Å²) >= 11 is 3.43. The summed E-state index contributed by atoms with van der Waals surface area (Å²) in [5.74, 6) is -1.65. The fraction of sp³-hybridized carbons (Fsp3) is 0.154. The van der Waals surface area contributed by atoms with Gasteiger partial charge in [0.15, 0.2) is 0 Å². The first-order valence-electron chi connectivity index (χ1n) is 10.1. The Hall–Kier alpha value is -3.18. The lowest BCUT2D eigenvalue weighted by molar-refractivity contribution is -0.150. The van der Waals surface area contributed by atoms with Crippen molar-refractivity contribution in [2.45, 2.75) is 18.9 Å². The topological polar surface area (TPSA) is 52.6 Å². The third-order valence-corrected chi connectivity index (χ3v) is 5.74. The summed E-state index contributed by atoms with van der Waals surface area (Å²) in [5, 5.41) is 0. The third kappa shape index (κ3) is 4.32. The summed E-state index contributed by atoms with van der Waals surface area (Å²) in [6, 6.07) is 26.4. The molecule has 2 unspecified atom stereocenters. The summed E-state index contributed by atoms with van der Waals surface area (Å²) < 4.78 is 12.2. The van der Waals surface area contributed by atoms with E-state index in [9.17, 15) is 9.59 Å². The molecule has 1 aliphatic rings. The molecule has 2 atom stereocenters. The van der Waals surface area contributed by atoms with Gasteiger partial charge in [-0.2, -0.15) is 0 Å². The smallest absolute Gasteiger partial charge is 0.339 e. The van der Waals surface area contributed by atoms with Gasteiger partial charge in [0.1, 0.15) is 12.0 Å². The highest BCUT2D eigenvalue weighted by atomic mass is 79.9. The molecule has 4 rings (SSSR count). The molecule has 0 N–H and O–H groups in total. The minimum Gasteiger partial charge on any atom is -0.465 e. The molecule has 0 saturated heterocycles. The van der Waals surface area contributed by atoms with E-state index < -0.39 is 24.0 Å². The Bertz CT molecular complexity index is 1110. The number of ether oxygens (including phenoxy) is 2. The lowest BCUT2D eigenvalue weighted by Crippen LogP contribution is -2.30. The first-order chi connectivity index (χ1) is 15.1. The molecule has 0 fully saturated rings. The molecule has 0 amide bonds. The second kappa shape index (κ2) is 9.31. The molecular formula is C26H21BrO4. The summed E-state index contributed by atoms with van der Waals surface area (Å²) in [7, 11) is 0. The largest absolute Gasteiger partial charge is 0.465 e. The average Bonchev–Trinajstić information content (AvgIpc) is 3.13. The van der Waals surface area contributed by atoms with Crippen LogP contribution in [-0.4, -0.2) is 24.6 Å². The average molecular weight is 477 g/mol. The van der Waals surface area contributed by atoms with Crippen LogP contribution in [0.2, 0.25) is 0 Å². The van der Waals surface area contributed by atoms with E-state index in [2.05, 4.69) is 15.9 Å². The number of cyclic esters (lactones) is 1. The van der Waals surface area contributed by atoms with Crippen LogP contribution in [0.1, 0.15) is 29.5 Å². The number of carbonyl (C=O) groups is 2. The minimum atomic E-state index is -0.801. The molecule has 0 aromatic heterocycles. The zero-order valence-corrected chi connectivity index (χ0v) is 18.5. The third-order valence-electron chi connectivity index (χ3n) is 5.21. The lowest BCUT2D eigenvalue weighted by atomic mass is 9.84. The van der Waals surface area contributed by atoms with E-state index >= 15 is 0 Å². The van der Waals surface area contributed by atoms with Gasteiger partial charge in [0, 0.05) is 10.0 Å². The second-order valence-electron chi connectivity index (χ2n) is 7.13. The molecule has 0 aliphatic carbocycles. The molecule has 3 aromatic rings. The van der Waals surface area contributed by atoms with Gasteiger partial charge in [-0.05, 0) is 35.7 Å². The van der Waals surface area contributed by atoms with Crippen LogP contribution in [0.5, 0.6) is 0 Å². The van der Waals surface area contributed by atoms with Crippen LogP contribution in [0.4, 0.5) is 0 Å². The Morgan fingerprint density at radius 3 is 2.10 bits per heavy atom. The molecule has 1 aliphatic heterocycles. The van der Waals surface area contributed by atoms with E-state index in [1.165, 1.54) is 0 Å². The molecular weight excluding hydrogens is 456 g/mol. The zero-order chi connectivity index (χ0) is 21.8. The maximum atomic E-state index is 13.1. The monoisotopic (exact) mass is 476 g/mol. The van der Waals surface area contributed by atoms with Crippen LogP contribution in [0.25, 0.3) is 11.1 Å². The molecule has 0 spiro atoms. The standard InChI is InChI=1S/C26H21BrO4/c1-2-30-25(28)23(19-13-15-20(27)16-14-19)24-21(17-9-5-3-6-10-17)22(26(29)31-24)18-11-7-4-8-12-18/h3-16,23-24H,2H2,1H3. The maximum Gasteiger partial charge on any atom is 0.339 e. The van der Waals surface area contributed by atoms with Crippen molar-refractivity contribution in [1.82, 2.24) is 0 Å². The van der Waals surface area contributed by atoms with Crippen molar-refractivity contribution in [3.05, 3.63) is 106 Å². The fourth-order valence-electron chi connectivity index (χ4n) is 3.86. The van der Waals surface area contributed by atoms with Crippen LogP contribution in [0, 0.1) is 0 Å². The molecule has 0 bridgehead atoms. The van der Waals surface area contributed by atoms with Gasteiger partial charge in [0.25, 0.3) is 0 Å². The van der Waals surface area contributed by atoms with Crippen molar-refractivity contribution in [1.29, 1.82) is 0 Å². The maximum absolute atomic E-state index is 13.1. The van der Waals surface area contributed by atoms with Gasteiger partial charge >= 0.3 is 11.9 Å². The lowest BCUT2D eigenvalue weighted by Gasteiger charge is -2.24. The highest BCUT2D eigenvalue weighted by Gasteiger charge is 2.44. The molecule has 0 radical (unpaired) electrons. The predicted molar refractivity (Wildman–Crippen MR) is 123 cm³/mol. The zero-order valence-electron chi connectivity index (χ0n) is 17.0. The van der Waals surface area contributed by atoms with Gasteiger partial charge in [-0.25, -0.2) is 4.79 Å². The summed E-state index contributed by atoms with van der Waals surface area (Å²) in [4.78, 5) is 26.2. The van der Waals surface area contributed by atoms with Crippen LogP contribution in [0.15, 0.2) is 89.4 Å². The number of hydrogen-bond acceptors (Lipinski definition) is 4. The number of hydrogen-bond donors (Lipinski definition) is 0. The second-order valence-corrected chi connectivity index (χ2v) is 8.04. The molecule has 1 heterocycles. The van der Waals surface area contributed by atoms with E-state index in [1.807, 2.05) is 84.9 Å². The van der Waals surface area contributed by atoms with Crippen molar-refractivity contribution < 1.29 is 19.1 Å². The van der Waals surface area contributed by atoms with E-state index in [-0.39, 0.29) is 6.61 Å². The molecule has 0 saturated carbocycles. The first kappa shape index (κ1) is 21.1. The molecule has 31 heavy (non-hydrogen) atoms. The highest BCUT2D eigenvalue weighted by Crippen LogP contribution is 2.43. The molecule has 156 valence electrons. The van der Waals surface area contributed by atoms with Gasteiger partial charge in [-0.3, -0.25) is 4.79 Å². The Morgan fingerprint density at radius 2 is 1.52 bits per heavy atom. The SMILES string of the molecule is CCOC(=O)C(c1ccc(Br)cc1)C1OC(=O)C(c2ccccc2)=C1c1ccccc1. The molecule has 4 nitrogen and oxygen atoms in total. The van der Waals surface area contributed by atoms with Gasteiger partial charge < -0.3 is 9.47 Å². The summed E-state index contributed by atoms with van der Waals surface area (Å²) in [5.41, 5.74) is 3.49. The Labute approximate surface area is 189 Å². The van der Waals surface area contributed by atoms with Gasteiger partial charge in [0.2, 0.25) is 0 Å². The highest BCUT2D eigenvalue weighted by molar-refractivity contribution is 9.10. The predicted octanol–water partition coefficient (Wildman–Crippen LogP) is 5.63. The fourth-order valence-corrected chi connectivity index (χ4v) is 4.13. The quantitative estimate of drug-likeness (QED) is 0.432. The van der Waals surface area contributed by atoms with Crippen molar-refractivity contribution in [2.75, 3.05) is 6.61 Å².